The van der Waals surface area contributed by atoms with Gasteiger partial charge >= 0.3 is 0 Å². The molecule has 3 heteroatoms. The zero-order chi connectivity index (χ0) is 96.3. The molecule has 1 nitrogen and oxygen atoms in total. The Morgan fingerprint density at radius 2 is 0.486 bits per heavy atom. The molecule has 0 amide bonds. The molecule has 0 saturated heterocycles. The van der Waals surface area contributed by atoms with Gasteiger partial charge in [0.1, 0.15) is 0 Å². The number of nitrogens with zero attached hydrogens (tertiary/aromatic N) is 1. The van der Waals surface area contributed by atoms with Gasteiger partial charge in [-0.15, -0.1) is 22.7 Å². The van der Waals surface area contributed by atoms with Gasteiger partial charge < -0.3 is 4.57 Å². The van der Waals surface area contributed by atoms with Crippen molar-refractivity contribution < 1.29 is 0 Å². The Kier molecular flexibility index (Phi) is 20.5. The van der Waals surface area contributed by atoms with Gasteiger partial charge in [-0.1, -0.05) is 392 Å². The van der Waals surface area contributed by atoms with Gasteiger partial charge in [-0.05, 0) is 360 Å². The summed E-state index contributed by atoms with van der Waals surface area (Å²) in [6.07, 6.45) is 0. The average Bonchev–Trinajstić information content (AvgIpc) is 1.19. The summed E-state index contributed by atoms with van der Waals surface area (Å²) in [4.78, 5) is 0. The number of thiophene rings is 2. The molecule has 25 aromatic carbocycles. The summed E-state index contributed by atoms with van der Waals surface area (Å²) in [6.45, 7) is 16.0. The number of hydrogen-bond acceptors (Lipinski definition) is 2. The van der Waals surface area contributed by atoms with Crippen LogP contribution < -0.4 is 0 Å². The molecule has 3 aromatic heterocycles. The van der Waals surface area contributed by atoms with E-state index in [4.69, 9.17) is 0 Å². The molecule has 0 aliphatic heterocycles. The van der Waals surface area contributed by atoms with Crippen molar-refractivity contribution in [3.05, 3.63) is 501 Å². The zero-order valence-electron chi connectivity index (χ0n) is 81.3. The lowest BCUT2D eigenvalue weighted by atomic mass is 9.81. The number of rotatable bonds is 9. The number of fused-ring (bicyclic) bond motifs is 30. The van der Waals surface area contributed by atoms with Crippen molar-refractivity contribution >= 4 is 182 Å². The van der Waals surface area contributed by atoms with Crippen LogP contribution >= 0.6 is 22.7 Å². The molecule has 0 N–H and O–H groups in total. The highest BCUT2D eigenvalue weighted by Crippen LogP contribution is 2.52. The molecule has 3 heterocycles. The van der Waals surface area contributed by atoms with Gasteiger partial charge in [0, 0.05) is 62.2 Å². The standard InChI is InChI=1S/C54H32S2.C46H35N.C41H32/c1-2-14-42-41(13-1)47-29-37(33-9-7-11-35(27-33)39-21-25-53-49(31-39)45-15-3-5-17-51(45)55-53)19-23-43(47)44-24-20-38(30-48(42)44)34-10-8-12-36(28-34)40-22-26-54-50(32-40)46-16-4-6-18-52(46)56-54;1-46(2,3)34-22-25-45-43(29-34)42-28-33(21-24-44(42)47(45)35-14-5-4-6-15-35)31-13-11-12-30(26-31)32-20-23-40-38-18-8-7-16-36(38)37-17-9-10-19-39(37)41(40)27-32;1-25-13-17-33-34-19-16-29(23-38(34)32-10-6-5-9-31(32)37(33)21-25)30-18-14-27(22-26(30)2)28-15-20-36-35-11-7-8-12-39(35)41(3,4)40(36)24-28/h1-32H;4-29H,1-3H3;5-24H,1-4H3. The highest BCUT2D eigenvalue weighted by atomic mass is 32.1. The van der Waals surface area contributed by atoms with Crippen LogP contribution in [-0.2, 0) is 10.8 Å². The minimum absolute atomic E-state index is 0.00760. The zero-order valence-corrected chi connectivity index (χ0v) is 82.9. The Balaban J connectivity index is 0.000000109. The summed E-state index contributed by atoms with van der Waals surface area (Å²) in [5, 5.41) is 31.4. The Bertz CT molecular complexity index is 9900. The normalized spacial score (nSPS) is 12.5. The Morgan fingerprint density at radius 3 is 0.938 bits per heavy atom. The fourth-order valence-corrected chi connectivity index (χ4v) is 25.8. The summed E-state index contributed by atoms with van der Waals surface area (Å²) < 4.78 is 7.75. The average molecular weight is 1870 g/mol. The van der Waals surface area contributed by atoms with Gasteiger partial charge in [0.25, 0.3) is 0 Å². The molecule has 29 rings (SSSR count). The molecule has 0 saturated carbocycles. The van der Waals surface area contributed by atoms with E-state index >= 15 is 0 Å². The topological polar surface area (TPSA) is 4.93 Å². The Labute approximate surface area is 845 Å². The highest BCUT2D eigenvalue weighted by Gasteiger charge is 2.36. The monoisotopic (exact) mass is 1870 g/mol. The first-order valence-corrected chi connectivity index (χ1v) is 51.9. The third kappa shape index (κ3) is 14.6. The van der Waals surface area contributed by atoms with E-state index in [-0.39, 0.29) is 10.8 Å². The van der Waals surface area contributed by atoms with E-state index in [1.807, 2.05) is 22.7 Å². The first-order chi connectivity index (χ1) is 70.5. The van der Waals surface area contributed by atoms with Crippen LogP contribution in [0.2, 0.25) is 0 Å². The van der Waals surface area contributed by atoms with Gasteiger partial charge in [0.2, 0.25) is 0 Å². The number of hydrogen-bond donors (Lipinski definition) is 0. The lowest BCUT2D eigenvalue weighted by Crippen LogP contribution is -2.14. The molecule has 680 valence electrons. The van der Waals surface area contributed by atoms with E-state index in [9.17, 15) is 0 Å². The predicted octanol–water partition coefficient (Wildman–Crippen LogP) is 40.8. The molecule has 0 radical (unpaired) electrons. The van der Waals surface area contributed by atoms with Crippen molar-refractivity contribution in [2.45, 2.75) is 59.3 Å². The number of aryl methyl sites for hydroxylation is 2. The molecule has 0 fully saturated rings. The van der Waals surface area contributed by atoms with Crippen LogP contribution in [0.15, 0.2) is 473 Å². The van der Waals surface area contributed by atoms with Gasteiger partial charge in [0.05, 0.1) is 11.0 Å². The van der Waals surface area contributed by atoms with E-state index in [1.54, 1.807) is 0 Å². The maximum atomic E-state index is 2.42. The fraction of sp³-hybridized carbons (Fsp3) is 0.0638. The molecule has 0 atom stereocenters. The van der Waals surface area contributed by atoms with Gasteiger partial charge in [0.15, 0.2) is 0 Å². The van der Waals surface area contributed by atoms with Crippen LogP contribution in [0.4, 0.5) is 0 Å². The first kappa shape index (κ1) is 86.2. The van der Waals surface area contributed by atoms with Crippen LogP contribution in [0, 0.1) is 13.8 Å². The number of aromatic nitrogens is 1. The molecule has 0 bridgehead atoms. The third-order valence-corrected chi connectivity index (χ3v) is 33.3. The van der Waals surface area contributed by atoms with Crippen molar-refractivity contribution in [1.29, 1.82) is 0 Å². The third-order valence-electron chi connectivity index (χ3n) is 31.0. The largest absolute Gasteiger partial charge is 0.309 e. The second-order valence-corrected chi connectivity index (χ2v) is 43.1. The van der Waals surface area contributed by atoms with Crippen molar-refractivity contribution in [2.24, 2.45) is 0 Å². The molecule has 0 unspecified atom stereocenters. The minimum atomic E-state index is 0.00760. The SMILES string of the molecule is CC(C)(C)c1ccc2c(c1)c1cc(-c3cccc(-c4ccc5c6ccccc6c6ccccc6c5c4)c3)ccc1n2-c1ccccc1.Cc1ccc2c3ccc(-c4ccc(-c5ccc6c(c5)C(C)(C)c5ccccc5-6)cc4C)cc3c3ccccc3c2c1.c1cc(-c2ccc3sc4ccccc4c3c2)cc(-c2ccc3c4ccc(-c5cccc(-c6ccc7sc8ccccc8c7c6)c5)cc4c4ccccc4c3c2)c1. The second kappa shape index (κ2) is 34.2. The summed E-state index contributed by atoms with van der Waals surface area (Å²) in [5.41, 5.74) is 33.1. The van der Waals surface area contributed by atoms with E-state index in [2.05, 4.69) is 526 Å². The van der Waals surface area contributed by atoms with Crippen LogP contribution in [0.1, 0.15) is 62.4 Å². The van der Waals surface area contributed by atoms with Crippen LogP contribution in [-0.4, -0.2) is 4.57 Å². The summed E-state index contributed by atoms with van der Waals surface area (Å²) in [7, 11) is 0. The molecule has 144 heavy (non-hydrogen) atoms. The molecule has 0 spiro atoms. The lowest BCUT2D eigenvalue weighted by molar-refractivity contribution is 0.591. The van der Waals surface area contributed by atoms with Crippen molar-refractivity contribution in [3.8, 4) is 106 Å². The second-order valence-electron chi connectivity index (χ2n) is 41.0. The van der Waals surface area contributed by atoms with Crippen LogP contribution in [0.3, 0.4) is 0 Å². The van der Waals surface area contributed by atoms with E-state index in [0.717, 1.165) is 0 Å². The maximum Gasteiger partial charge on any atom is 0.0541 e. The molecule has 1 aliphatic rings. The smallest absolute Gasteiger partial charge is 0.0541 e. The Morgan fingerprint density at radius 1 is 0.188 bits per heavy atom. The minimum Gasteiger partial charge on any atom is -0.309 e. The molecular formula is C141H99NS2. The predicted molar refractivity (Wildman–Crippen MR) is 626 cm³/mol. The number of benzene rings is 25. The van der Waals surface area contributed by atoms with Crippen molar-refractivity contribution in [1.82, 2.24) is 4.57 Å². The lowest BCUT2D eigenvalue weighted by Gasteiger charge is -2.22. The summed E-state index contributed by atoms with van der Waals surface area (Å²) >= 11 is 3.74. The quantitative estimate of drug-likeness (QED) is 0.127. The van der Waals surface area contributed by atoms with E-state index in [0.29, 0.717) is 0 Å². The summed E-state index contributed by atoms with van der Waals surface area (Å²) in [5.74, 6) is 0. The number of para-hydroxylation sites is 1. The maximum absolute atomic E-state index is 2.42. The van der Waals surface area contributed by atoms with Crippen molar-refractivity contribution in [3.63, 3.8) is 0 Å². The van der Waals surface area contributed by atoms with Gasteiger partial charge in [-0.3, -0.25) is 0 Å². The Hall–Kier alpha value is -16.9. The van der Waals surface area contributed by atoms with Gasteiger partial charge in [-0.2, -0.15) is 0 Å². The first-order valence-electron chi connectivity index (χ1n) is 50.3. The van der Waals surface area contributed by atoms with Crippen LogP contribution in [0.5, 0.6) is 0 Å². The fourth-order valence-electron chi connectivity index (χ4n) is 23.7. The molecular weight excluding hydrogens is 1770 g/mol. The van der Waals surface area contributed by atoms with Gasteiger partial charge in [-0.25, -0.2) is 0 Å². The highest BCUT2D eigenvalue weighted by molar-refractivity contribution is 7.26. The summed E-state index contributed by atoms with van der Waals surface area (Å²) in [6, 6.07) is 176. The molecule has 28 aromatic rings. The van der Waals surface area contributed by atoms with Crippen LogP contribution in [0.25, 0.3) is 265 Å². The van der Waals surface area contributed by atoms with Crippen molar-refractivity contribution in [2.75, 3.05) is 0 Å². The van der Waals surface area contributed by atoms with E-state index < -0.39 is 0 Å². The molecule has 1 aliphatic carbocycles. The van der Waals surface area contributed by atoms with E-state index in [1.165, 1.54) is 293 Å².